The molecule has 0 radical (unpaired) electrons. The highest BCUT2D eigenvalue weighted by atomic mass is 32.1. The lowest BCUT2D eigenvalue weighted by Crippen LogP contribution is -2.29. The van der Waals surface area contributed by atoms with Gasteiger partial charge in [0.25, 0.3) is 0 Å². The number of thiophene rings is 2. The highest BCUT2D eigenvalue weighted by molar-refractivity contribution is 7.12. The molecule has 16 heavy (non-hydrogen) atoms. The lowest BCUT2D eigenvalue weighted by molar-refractivity contribution is -0.120. The lowest BCUT2D eigenvalue weighted by atomic mass is 9.83. The molecule has 2 heterocycles. The molecule has 0 bridgehead atoms. The minimum atomic E-state index is -0.484. The Labute approximate surface area is 102 Å². The lowest BCUT2D eigenvalue weighted by Gasteiger charge is -2.23. The molecule has 0 atom stereocenters. The Balaban J connectivity index is 2.23. The van der Waals surface area contributed by atoms with Crippen LogP contribution in [-0.4, -0.2) is 5.78 Å². The van der Waals surface area contributed by atoms with Gasteiger partial charge in [0.2, 0.25) is 0 Å². The summed E-state index contributed by atoms with van der Waals surface area (Å²) in [7, 11) is 0. The Kier molecular flexibility index (Phi) is 2.30. The molecule has 1 nitrogen and oxygen atoms in total. The number of rotatable bonds is 2. The topological polar surface area (TPSA) is 17.1 Å². The molecule has 0 aliphatic heterocycles. The second-order valence-corrected chi connectivity index (χ2v) is 5.69. The standard InChI is InChI=1S/C13H10OS2/c14-10-4-1-7-13(10,11-5-2-8-15-11)12-6-3-9-16-12/h1-3,5-9H,4H2. The first-order valence-electron chi connectivity index (χ1n) is 5.13. The van der Waals surface area contributed by atoms with E-state index in [0.29, 0.717) is 6.42 Å². The molecule has 1 aliphatic carbocycles. The van der Waals surface area contributed by atoms with E-state index in [1.807, 2.05) is 29.0 Å². The van der Waals surface area contributed by atoms with Crippen molar-refractivity contribution in [1.82, 2.24) is 0 Å². The molecule has 0 saturated heterocycles. The molecular formula is C13H10OS2. The van der Waals surface area contributed by atoms with Crippen LogP contribution in [0.3, 0.4) is 0 Å². The first-order chi connectivity index (χ1) is 7.84. The molecule has 0 saturated carbocycles. The highest BCUT2D eigenvalue weighted by Crippen LogP contribution is 2.43. The number of allylic oxidation sites excluding steroid dienone is 2. The number of hydrogen-bond acceptors (Lipinski definition) is 3. The Bertz CT molecular complexity index is 486. The van der Waals surface area contributed by atoms with Crippen LogP contribution in [0, 0.1) is 0 Å². The van der Waals surface area contributed by atoms with Crippen molar-refractivity contribution in [3.8, 4) is 0 Å². The zero-order valence-corrected chi connectivity index (χ0v) is 10.2. The average Bonchev–Trinajstić information content (AvgIpc) is 2.98. The van der Waals surface area contributed by atoms with Crippen molar-refractivity contribution in [1.29, 1.82) is 0 Å². The minimum Gasteiger partial charge on any atom is -0.298 e. The van der Waals surface area contributed by atoms with Gasteiger partial charge in [-0.15, -0.1) is 22.7 Å². The summed E-state index contributed by atoms with van der Waals surface area (Å²) in [6.45, 7) is 0. The van der Waals surface area contributed by atoms with Crippen molar-refractivity contribution < 1.29 is 4.79 Å². The van der Waals surface area contributed by atoms with Gasteiger partial charge >= 0.3 is 0 Å². The molecule has 0 N–H and O–H groups in total. The summed E-state index contributed by atoms with van der Waals surface area (Å²) < 4.78 is 0. The van der Waals surface area contributed by atoms with E-state index < -0.39 is 5.41 Å². The Hall–Kier alpha value is -1.19. The molecule has 2 aromatic heterocycles. The summed E-state index contributed by atoms with van der Waals surface area (Å²) in [5.41, 5.74) is -0.484. The molecule has 0 amide bonds. The quantitative estimate of drug-likeness (QED) is 0.740. The summed E-state index contributed by atoms with van der Waals surface area (Å²) in [6.07, 6.45) is 4.60. The van der Waals surface area contributed by atoms with Crippen LogP contribution in [0.25, 0.3) is 0 Å². The second-order valence-electron chi connectivity index (χ2n) is 3.79. The SMILES string of the molecule is O=C1CC=CC1(c1cccs1)c1cccs1. The molecule has 0 fully saturated rings. The van der Waals surface area contributed by atoms with E-state index in [9.17, 15) is 4.79 Å². The summed E-state index contributed by atoms with van der Waals surface area (Å²) in [4.78, 5) is 14.5. The van der Waals surface area contributed by atoms with E-state index >= 15 is 0 Å². The predicted molar refractivity (Wildman–Crippen MR) is 68.2 cm³/mol. The number of hydrogen-bond donors (Lipinski definition) is 0. The molecule has 3 heteroatoms. The zero-order chi connectivity index (χ0) is 11.0. The largest absolute Gasteiger partial charge is 0.298 e. The van der Waals surface area contributed by atoms with Gasteiger partial charge in [-0.2, -0.15) is 0 Å². The molecule has 3 rings (SSSR count). The molecule has 80 valence electrons. The summed E-state index contributed by atoms with van der Waals surface area (Å²) in [5.74, 6) is 0.289. The first kappa shape index (κ1) is 10.00. The van der Waals surface area contributed by atoms with Gasteiger partial charge in [0.05, 0.1) is 0 Å². The van der Waals surface area contributed by atoms with Crippen LogP contribution in [0.2, 0.25) is 0 Å². The fourth-order valence-corrected chi connectivity index (χ4v) is 4.10. The highest BCUT2D eigenvalue weighted by Gasteiger charge is 2.43. The Morgan fingerprint density at radius 2 is 1.69 bits per heavy atom. The van der Waals surface area contributed by atoms with Gasteiger partial charge < -0.3 is 0 Å². The van der Waals surface area contributed by atoms with E-state index in [1.165, 1.54) is 0 Å². The van der Waals surface area contributed by atoms with E-state index in [4.69, 9.17) is 0 Å². The fourth-order valence-electron chi connectivity index (χ4n) is 2.16. The van der Waals surface area contributed by atoms with Gasteiger partial charge in [-0.3, -0.25) is 4.79 Å². The third-order valence-corrected chi connectivity index (χ3v) is 4.94. The van der Waals surface area contributed by atoms with E-state index in [0.717, 1.165) is 9.75 Å². The smallest absolute Gasteiger partial charge is 0.157 e. The first-order valence-corrected chi connectivity index (χ1v) is 6.89. The number of carbonyl (C=O) groups is 1. The van der Waals surface area contributed by atoms with Crippen LogP contribution >= 0.6 is 22.7 Å². The fraction of sp³-hybridized carbons (Fsp3) is 0.154. The summed E-state index contributed by atoms with van der Waals surface area (Å²) >= 11 is 3.31. The van der Waals surface area contributed by atoms with Crippen molar-refractivity contribution >= 4 is 28.5 Å². The van der Waals surface area contributed by atoms with Crippen LogP contribution < -0.4 is 0 Å². The van der Waals surface area contributed by atoms with Gasteiger partial charge in [-0.1, -0.05) is 24.3 Å². The molecule has 0 spiro atoms. The number of carbonyl (C=O) groups excluding carboxylic acids is 1. The van der Waals surface area contributed by atoms with E-state index in [-0.39, 0.29) is 5.78 Å². The Morgan fingerprint density at radius 3 is 2.06 bits per heavy atom. The molecule has 1 aliphatic rings. The maximum atomic E-state index is 12.2. The van der Waals surface area contributed by atoms with Crippen LogP contribution in [0.1, 0.15) is 16.2 Å². The van der Waals surface area contributed by atoms with E-state index in [2.05, 4.69) is 18.2 Å². The van der Waals surface area contributed by atoms with Crippen molar-refractivity contribution in [2.24, 2.45) is 0 Å². The molecular weight excluding hydrogens is 236 g/mol. The van der Waals surface area contributed by atoms with Crippen LogP contribution in [0.5, 0.6) is 0 Å². The summed E-state index contributed by atoms with van der Waals surface area (Å²) in [6, 6.07) is 8.12. The monoisotopic (exact) mass is 246 g/mol. The van der Waals surface area contributed by atoms with E-state index in [1.54, 1.807) is 22.7 Å². The van der Waals surface area contributed by atoms with Crippen LogP contribution in [0.4, 0.5) is 0 Å². The maximum absolute atomic E-state index is 12.2. The average molecular weight is 246 g/mol. The third kappa shape index (κ3) is 1.25. The van der Waals surface area contributed by atoms with Gasteiger partial charge in [-0.05, 0) is 22.9 Å². The molecule has 2 aromatic rings. The molecule has 0 aromatic carbocycles. The minimum absolute atomic E-state index is 0.289. The number of Topliss-reactive ketones (excluding diaryl/α,β-unsaturated/α-hetero) is 1. The van der Waals surface area contributed by atoms with Crippen molar-refractivity contribution in [2.45, 2.75) is 11.8 Å². The van der Waals surface area contributed by atoms with Crippen LogP contribution in [-0.2, 0) is 10.2 Å². The zero-order valence-electron chi connectivity index (χ0n) is 8.55. The summed E-state index contributed by atoms with van der Waals surface area (Å²) in [5, 5.41) is 4.06. The maximum Gasteiger partial charge on any atom is 0.157 e. The van der Waals surface area contributed by atoms with Gasteiger partial charge in [0, 0.05) is 16.2 Å². The molecule has 0 unspecified atom stereocenters. The normalized spacial score (nSPS) is 18.1. The van der Waals surface area contributed by atoms with Crippen molar-refractivity contribution in [3.63, 3.8) is 0 Å². The van der Waals surface area contributed by atoms with Gasteiger partial charge in [0.15, 0.2) is 5.78 Å². The number of ketones is 1. The predicted octanol–water partition coefficient (Wildman–Crippen LogP) is 3.62. The van der Waals surface area contributed by atoms with Gasteiger partial charge in [0.1, 0.15) is 5.41 Å². The van der Waals surface area contributed by atoms with Gasteiger partial charge in [-0.25, -0.2) is 0 Å². The van der Waals surface area contributed by atoms with Crippen molar-refractivity contribution in [3.05, 3.63) is 56.9 Å². The van der Waals surface area contributed by atoms with Crippen LogP contribution in [0.15, 0.2) is 47.2 Å². The third-order valence-electron chi connectivity index (χ3n) is 2.93. The Morgan fingerprint density at radius 1 is 1.06 bits per heavy atom. The van der Waals surface area contributed by atoms with Crippen molar-refractivity contribution in [2.75, 3.05) is 0 Å². The second kappa shape index (κ2) is 3.68.